The van der Waals surface area contributed by atoms with Crippen molar-refractivity contribution in [3.05, 3.63) is 27.7 Å². The molecule has 0 spiro atoms. The lowest BCUT2D eigenvalue weighted by atomic mass is 10.2. The number of halogens is 3. The summed E-state index contributed by atoms with van der Waals surface area (Å²) in [7, 11) is 1.38. The maximum atomic E-state index is 12.3. The van der Waals surface area contributed by atoms with E-state index in [1.54, 1.807) is 6.92 Å². The summed E-state index contributed by atoms with van der Waals surface area (Å²) in [5.74, 6) is -1.95. The standard InChI is InChI=1S/C13H13F3N2O4/c1-3-6-4-7-8(17-11(6)19)10(22-5-13(14,15)16)9(12(20)21)18(7)2/h4H,3,5H2,1-2H3,(H,17,19)(H,20,21). The van der Waals surface area contributed by atoms with E-state index < -0.39 is 35.8 Å². The van der Waals surface area contributed by atoms with Gasteiger partial charge in [0.15, 0.2) is 18.1 Å². The summed E-state index contributed by atoms with van der Waals surface area (Å²) in [5.41, 5.74) is -0.331. The highest BCUT2D eigenvalue weighted by molar-refractivity contribution is 5.99. The Bertz CT molecular complexity index is 789. The number of aromatic nitrogens is 2. The molecule has 2 rings (SSSR count). The highest BCUT2D eigenvalue weighted by Gasteiger charge is 2.31. The van der Waals surface area contributed by atoms with E-state index in [0.717, 1.165) is 0 Å². The minimum Gasteiger partial charge on any atom is -0.479 e. The second-order valence-corrected chi connectivity index (χ2v) is 4.68. The van der Waals surface area contributed by atoms with Crippen LogP contribution in [0.15, 0.2) is 10.9 Å². The number of aryl methyl sites for hydroxylation is 2. The van der Waals surface area contributed by atoms with Crippen molar-refractivity contribution in [1.82, 2.24) is 9.55 Å². The van der Waals surface area contributed by atoms with Gasteiger partial charge in [-0.15, -0.1) is 0 Å². The van der Waals surface area contributed by atoms with Gasteiger partial charge in [0.05, 0.1) is 5.52 Å². The Morgan fingerprint density at radius 1 is 1.45 bits per heavy atom. The number of pyridine rings is 1. The van der Waals surface area contributed by atoms with E-state index in [9.17, 15) is 27.9 Å². The molecule has 9 heteroatoms. The van der Waals surface area contributed by atoms with Gasteiger partial charge in [-0.2, -0.15) is 13.2 Å². The van der Waals surface area contributed by atoms with Crippen LogP contribution < -0.4 is 10.3 Å². The number of aromatic amines is 1. The lowest BCUT2D eigenvalue weighted by molar-refractivity contribution is -0.153. The molecule has 0 bridgehead atoms. The number of carboxylic acid groups (broad SMARTS) is 1. The van der Waals surface area contributed by atoms with Crippen molar-refractivity contribution < 1.29 is 27.8 Å². The Morgan fingerprint density at radius 2 is 2.09 bits per heavy atom. The van der Waals surface area contributed by atoms with Crippen LogP contribution in [0, 0.1) is 0 Å². The van der Waals surface area contributed by atoms with Crippen LogP contribution in [0.25, 0.3) is 11.0 Å². The van der Waals surface area contributed by atoms with Crippen LogP contribution >= 0.6 is 0 Å². The first-order valence-corrected chi connectivity index (χ1v) is 6.33. The van der Waals surface area contributed by atoms with E-state index in [4.69, 9.17) is 0 Å². The van der Waals surface area contributed by atoms with E-state index >= 15 is 0 Å². The van der Waals surface area contributed by atoms with Gasteiger partial charge < -0.3 is 19.4 Å². The second-order valence-electron chi connectivity index (χ2n) is 4.68. The average molecular weight is 318 g/mol. The molecule has 6 nitrogen and oxygen atoms in total. The van der Waals surface area contributed by atoms with E-state index in [0.29, 0.717) is 12.0 Å². The number of fused-ring (bicyclic) bond motifs is 1. The predicted molar refractivity (Wildman–Crippen MR) is 71.4 cm³/mol. The molecule has 2 aromatic rings. The average Bonchev–Trinajstić information content (AvgIpc) is 2.67. The summed E-state index contributed by atoms with van der Waals surface area (Å²) in [5, 5.41) is 9.20. The Kier molecular flexibility index (Phi) is 3.90. The second kappa shape index (κ2) is 5.39. The fourth-order valence-electron chi connectivity index (χ4n) is 2.19. The van der Waals surface area contributed by atoms with Gasteiger partial charge in [0.1, 0.15) is 5.52 Å². The summed E-state index contributed by atoms with van der Waals surface area (Å²) in [6.07, 6.45) is -4.22. The molecule has 0 aliphatic rings. The quantitative estimate of drug-likeness (QED) is 0.904. The van der Waals surface area contributed by atoms with E-state index in [-0.39, 0.29) is 11.0 Å². The molecule has 0 aliphatic carbocycles. The topological polar surface area (TPSA) is 84.3 Å². The largest absolute Gasteiger partial charge is 0.479 e. The molecule has 0 saturated carbocycles. The number of nitrogens with one attached hydrogen (secondary N) is 1. The Morgan fingerprint density at radius 3 is 2.59 bits per heavy atom. The van der Waals surface area contributed by atoms with Crippen LogP contribution in [0.1, 0.15) is 23.0 Å². The van der Waals surface area contributed by atoms with E-state index in [2.05, 4.69) is 9.72 Å². The van der Waals surface area contributed by atoms with Gasteiger partial charge in [-0.3, -0.25) is 4.79 Å². The molecule has 0 amide bonds. The number of nitrogens with zero attached hydrogens (tertiary/aromatic N) is 1. The summed E-state index contributed by atoms with van der Waals surface area (Å²) in [6, 6.07) is 1.45. The molecule has 2 heterocycles. The smallest absolute Gasteiger partial charge is 0.422 e. The number of hydrogen-bond acceptors (Lipinski definition) is 3. The van der Waals surface area contributed by atoms with Crippen LogP contribution in [0.5, 0.6) is 5.75 Å². The third kappa shape index (κ3) is 2.78. The van der Waals surface area contributed by atoms with Gasteiger partial charge in [0.2, 0.25) is 0 Å². The SMILES string of the molecule is CCc1cc2c([nH]c1=O)c(OCC(F)(F)F)c(C(=O)O)n2C. The molecule has 2 N–H and O–H groups in total. The zero-order chi connectivity index (χ0) is 16.7. The monoisotopic (exact) mass is 318 g/mol. The van der Waals surface area contributed by atoms with Crippen LogP contribution in [0.2, 0.25) is 0 Å². The summed E-state index contributed by atoms with van der Waals surface area (Å²) in [6.45, 7) is 0.0858. The number of H-pyrrole nitrogens is 1. The first-order valence-electron chi connectivity index (χ1n) is 6.33. The van der Waals surface area contributed by atoms with Crippen molar-refractivity contribution in [2.45, 2.75) is 19.5 Å². The van der Waals surface area contributed by atoms with Gasteiger partial charge in [-0.05, 0) is 12.5 Å². The molecule has 0 saturated heterocycles. The lowest BCUT2D eigenvalue weighted by Gasteiger charge is -2.09. The van der Waals surface area contributed by atoms with Crippen molar-refractivity contribution >= 4 is 17.0 Å². The van der Waals surface area contributed by atoms with E-state index in [1.807, 2.05) is 0 Å². The fraction of sp³-hybridized carbons (Fsp3) is 0.385. The molecule has 120 valence electrons. The van der Waals surface area contributed by atoms with Crippen LogP contribution in [-0.2, 0) is 13.5 Å². The predicted octanol–water partition coefficient (Wildman–Crippen LogP) is 2.07. The number of carbonyl (C=O) groups is 1. The Balaban J connectivity index is 2.71. The molecule has 0 atom stereocenters. The third-order valence-electron chi connectivity index (χ3n) is 3.20. The molecule has 0 aliphatic heterocycles. The van der Waals surface area contributed by atoms with Crippen LogP contribution in [0.4, 0.5) is 13.2 Å². The molecule has 0 fully saturated rings. The first kappa shape index (κ1) is 15.9. The summed E-state index contributed by atoms with van der Waals surface area (Å²) < 4.78 is 42.8. The van der Waals surface area contributed by atoms with Gasteiger partial charge >= 0.3 is 12.1 Å². The molecule has 0 radical (unpaired) electrons. The Labute approximate surface area is 122 Å². The number of ether oxygens (including phenoxy) is 1. The lowest BCUT2D eigenvalue weighted by Crippen LogP contribution is -2.20. The minimum atomic E-state index is -4.62. The van der Waals surface area contributed by atoms with Gasteiger partial charge in [0.25, 0.3) is 5.56 Å². The number of hydrogen-bond donors (Lipinski definition) is 2. The van der Waals surface area contributed by atoms with Gasteiger partial charge in [-0.25, -0.2) is 4.79 Å². The molecule has 2 aromatic heterocycles. The van der Waals surface area contributed by atoms with Crippen molar-refractivity contribution in [2.24, 2.45) is 7.05 Å². The van der Waals surface area contributed by atoms with Crippen molar-refractivity contribution in [1.29, 1.82) is 0 Å². The zero-order valence-electron chi connectivity index (χ0n) is 11.7. The summed E-state index contributed by atoms with van der Waals surface area (Å²) in [4.78, 5) is 25.5. The molecular formula is C13H13F3N2O4. The molecular weight excluding hydrogens is 305 g/mol. The summed E-state index contributed by atoms with van der Waals surface area (Å²) >= 11 is 0. The van der Waals surface area contributed by atoms with Gasteiger partial charge in [-0.1, -0.05) is 6.92 Å². The number of aromatic carboxylic acids is 1. The number of carboxylic acids is 1. The normalized spacial score (nSPS) is 11.9. The van der Waals surface area contributed by atoms with E-state index in [1.165, 1.54) is 17.7 Å². The molecule has 0 aromatic carbocycles. The van der Waals surface area contributed by atoms with Crippen LogP contribution in [-0.4, -0.2) is 33.4 Å². The van der Waals surface area contributed by atoms with Crippen molar-refractivity contribution in [3.63, 3.8) is 0 Å². The Hall–Kier alpha value is -2.45. The van der Waals surface area contributed by atoms with Crippen LogP contribution in [0.3, 0.4) is 0 Å². The minimum absolute atomic E-state index is 0.0636. The highest BCUT2D eigenvalue weighted by Crippen LogP contribution is 2.32. The van der Waals surface area contributed by atoms with Crippen molar-refractivity contribution in [2.75, 3.05) is 6.61 Å². The zero-order valence-corrected chi connectivity index (χ0v) is 11.7. The number of alkyl halides is 3. The van der Waals surface area contributed by atoms with Gasteiger partial charge in [0, 0.05) is 12.6 Å². The third-order valence-corrected chi connectivity index (χ3v) is 3.20. The fourth-order valence-corrected chi connectivity index (χ4v) is 2.19. The maximum Gasteiger partial charge on any atom is 0.422 e. The first-order chi connectivity index (χ1) is 10.2. The maximum absolute atomic E-state index is 12.3. The van der Waals surface area contributed by atoms with Crippen molar-refractivity contribution in [3.8, 4) is 5.75 Å². The highest BCUT2D eigenvalue weighted by atomic mass is 19.4. The molecule has 22 heavy (non-hydrogen) atoms. The number of rotatable bonds is 4. The molecule has 0 unspecified atom stereocenters.